The maximum atomic E-state index is 11.1. The van der Waals surface area contributed by atoms with Gasteiger partial charge in [0.2, 0.25) is 0 Å². The van der Waals surface area contributed by atoms with E-state index < -0.39 is 0 Å². The topological polar surface area (TPSA) is 39.2 Å². The lowest BCUT2D eigenvalue weighted by atomic mass is 10.1. The lowest BCUT2D eigenvalue weighted by Gasteiger charge is -2.00. The second-order valence-corrected chi connectivity index (χ2v) is 3.73. The van der Waals surface area contributed by atoms with E-state index in [1.807, 2.05) is 18.2 Å². The molecule has 0 spiro atoms. The molecule has 2 rings (SSSR count). The van der Waals surface area contributed by atoms with Gasteiger partial charge in [-0.15, -0.1) is 11.3 Å². The molecule has 0 amide bonds. The number of hydrogen-bond donors (Lipinski definition) is 0. The van der Waals surface area contributed by atoms with Gasteiger partial charge in [-0.25, -0.2) is 4.98 Å². The summed E-state index contributed by atoms with van der Waals surface area (Å²) < 4.78 is 5.69. The number of nitrogens with zero attached hydrogens (tertiary/aromatic N) is 1. The summed E-state index contributed by atoms with van der Waals surface area (Å²) in [5.74, 6) is -0.217. The SMILES string of the molecule is COC(=O)Cc1cccc2ncsc12. The van der Waals surface area contributed by atoms with Crippen molar-refractivity contribution in [3.8, 4) is 0 Å². The Morgan fingerprint density at radius 2 is 2.43 bits per heavy atom. The second-order valence-electron chi connectivity index (χ2n) is 2.87. The maximum absolute atomic E-state index is 11.1. The van der Waals surface area contributed by atoms with E-state index in [1.165, 1.54) is 7.11 Å². The molecule has 0 unspecified atom stereocenters. The Labute approximate surface area is 85.3 Å². The Morgan fingerprint density at radius 1 is 1.57 bits per heavy atom. The number of ether oxygens (including phenoxy) is 1. The van der Waals surface area contributed by atoms with Crippen LogP contribution in [-0.2, 0) is 16.0 Å². The molecule has 1 aromatic carbocycles. The van der Waals surface area contributed by atoms with Crippen LogP contribution in [0.2, 0.25) is 0 Å². The summed E-state index contributed by atoms with van der Waals surface area (Å²) in [6, 6.07) is 5.77. The molecular weight excluding hydrogens is 198 g/mol. The van der Waals surface area contributed by atoms with Crippen molar-refractivity contribution in [2.75, 3.05) is 7.11 Å². The van der Waals surface area contributed by atoms with Gasteiger partial charge >= 0.3 is 5.97 Å². The first-order chi connectivity index (χ1) is 6.81. The number of carbonyl (C=O) groups excluding carboxylic acids is 1. The van der Waals surface area contributed by atoms with Crippen LogP contribution in [0, 0.1) is 0 Å². The molecule has 0 saturated carbocycles. The molecule has 0 aliphatic rings. The van der Waals surface area contributed by atoms with Gasteiger partial charge in [-0.1, -0.05) is 12.1 Å². The first kappa shape index (κ1) is 9.15. The maximum Gasteiger partial charge on any atom is 0.310 e. The number of esters is 1. The molecule has 0 saturated heterocycles. The van der Waals surface area contributed by atoms with Gasteiger partial charge in [0.15, 0.2) is 0 Å². The monoisotopic (exact) mass is 207 g/mol. The predicted octanol–water partition coefficient (Wildman–Crippen LogP) is 2.01. The van der Waals surface area contributed by atoms with Gasteiger partial charge in [-0.2, -0.15) is 0 Å². The molecule has 0 N–H and O–H groups in total. The third-order valence-electron chi connectivity index (χ3n) is 2.00. The number of rotatable bonds is 2. The Kier molecular flexibility index (Phi) is 2.45. The van der Waals surface area contributed by atoms with Crippen molar-refractivity contribution in [1.82, 2.24) is 4.98 Å². The highest BCUT2D eigenvalue weighted by atomic mass is 32.1. The molecule has 3 nitrogen and oxygen atoms in total. The number of thiazole rings is 1. The van der Waals surface area contributed by atoms with Gasteiger partial charge in [0, 0.05) is 0 Å². The smallest absolute Gasteiger partial charge is 0.310 e. The van der Waals surface area contributed by atoms with E-state index in [0.29, 0.717) is 6.42 Å². The Bertz CT molecular complexity index is 464. The van der Waals surface area contributed by atoms with Gasteiger partial charge < -0.3 is 4.74 Å². The Balaban J connectivity index is 2.41. The van der Waals surface area contributed by atoms with Crippen molar-refractivity contribution in [3.63, 3.8) is 0 Å². The first-order valence-electron chi connectivity index (χ1n) is 4.19. The molecule has 0 aliphatic carbocycles. The minimum atomic E-state index is -0.217. The highest BCUT2D eigenvalue weighted by molar-refractivity contribution is 7.16. The zero-order chi connectivity index (χ0) is 9.97. The number of carbonyl (C=O) groups is 1. The van der Waals surface area contributed by atoms with Crippen molar-refractivity contribution < 1.29 is 9.53 Å². The molecular formula is C10H9NO2S. The molecule has 0 radical (unpaired) electrons. The number of hydrogen-bond acceptors (Lipinski definition) is 4. The van der Waals surface area contributed by atoms with Gasteiger partial charge in [0.05, 0.1) is 29.3 Å². The number of aromatic nitrogens is 1. The van der Waals surface area contributed by atoms with Gasteiger partial charge in [-0.3, -0.25) is 4.79 Å². The Morgan fingerprint density at radius 3 is 3.21 bits per heavy atom. The van der Waals surface area contributed by atoms with E-state index in [0.717, 1.165) is 15.8 Å². The van der Waals surface area contributed by atoms with Crippen LogP contribution in [0.3, 0.4) is 0 Å². The number of fused-ring (bicyclic) bond motifs is 1. The van der Waals surface area contributed by atoms with E-state index in [2.05, 4.69) is 9.72 Å². The van der Waals surface area contributed by atoms with Crippen molar-refractivity contribution in [1.29, 1.82) is 0 Å². The zero-order valence-corrected chi connectivity index (χ0v) is 8.50. The quantitative estimate of drug-likeness (QED) is 0.707. The van der Waals surface area contributed by atoms with Crippen LogP contribution in [0.15, 0.2) is 23.7 Å². The van der Waals surface area contributed by atoms with Crippen LogP contribution in [0.5, 0.6) is 0 Å². The summed E-state index contributed by atoms with van der Waals surface area (Å²) in [5.41, 5.74) is 3.71. The molecule has 0 atom stereocenters. The number of methoxy groups -OCH3 is 1. The van der Waals surface area contributed by atoms with Crippen LogP contribution in [0.4, 0.5) is 0 Å². The molecule has 0 bridgehead atoms. The summed E-state index contributed by atoms with van der Waals surface area (Å²) >= 11 is 1.55. The summed E-state index contributed by atoms with van der Waals surface area (Å²) in [6.45, 7) is 0. The van der Waals surface area contributed by atoms with Crippen LogP contribution in [0.25, 0.3) is 10.2 Å². The van der Waals surface area contributed by atoms with E-state index >= 15 is 0 Å². The average Bonchev–Trinajstić information content (AvgIpc) is 2.66. The van der Waals surface area contributed by atoms with Crippen LogP contribution >= 0.6 is 11.3 Å². The Hall–Kier alpha value is -1.42. The van der Waals surface area contributed by atoms with E-state index in [4.69, 9.17) is 0 Å². The molecule has 4 heteroatoms. The fourth-order valence-electron chi connectivity index (χ4n) is 1.31. The largest absolute Gasteiger partial charge is 0.469 e. The molecule has 1 heterocycles. The second kappa shape index (κ2) is 3.75. The molecule has 1 aromatic heterocycles. The summed E-state index contributed by atoms with van der Waals surface area (Å²) in [4.78, 5) is 15.3. The first-order valence-corrected chi connectivity index (χ1v) is 5.07. The van der Waals surface area contributed by atoms with Crippen LogP contribution in [-0.4, -0.2) is 18.1 Å². The predicted molar refractivity (Wildman–Crippen MR) is 55.3 cm³/mol. The summed E-state index contributed by atoms with van der Waals surface area (Å²) in [6.07, 6.45) is 0.316. The highest BCUT2D eigenvalue weighted by Crippen LogP contribution is 2.22. The average molecular weight is 207 g/mol. The van der Waals surface area contributed by atoms with E-state index in [9.17, 15) is 4.79 Å². The molecule has 14 heavy (non-hydrogen) atoms. The standard InChI is InChI=1S/C10H9NO2S/c1-13-9(12)5-7-3-2-4-8-10(7)14-6-11-8/h2-4,6H,5H2,1H3. The van der Waals surface area contributed by atoms with Gasteiger partial charge in [0.1, 0.15) is 0 Å². The third kappa shape index (κ3) is 1.61. The van der Waals surface area contributed by atoms with E-state index in [-0.39, 0.29) is 5.97 Å². The fraction of sp³-hybridized carbons (Fsp3) is 0.200. The molecule has 0 aliphatic heterocycles. The minimum Gasteiger partial charge on any atom is -0.469 e. The molecule has 72 valence electrons. The summed E-state index contributed by atoms with van der Waals surface area (Å²) in [5, 5.41) is 0. The molecule has 2 aromatic rings. The number of benzene rings is 1. The van der Waals surface area contributed by atoms with Gasteiger partial charge in [-0.05, 0) is 11.6 Å². The summed E-state index contributed by atoms with van der Waals surface area (Å²) in [7, 11) is 1.40. The van der Waals surface area contributed by atoms with Crippen molar-refractivity contribution in [3.05, 3.63) is 29.3 Å². The normalized spacial score (nSPS) is 10.4. The fourth-order valence-corrected chi connectivity index (χ4v) is 2.12. The third-order valence-corrected chi connectivity index (χ3v) is 2.92. The van der Waals surface area contributed by atoms with Crippen molar-refractivity contribution in [2.45, 2.75) is 6.42 Å². The van der Waals surface area contributed by atoms with Crippen LogP contribution < -0.4 is 0 Å². The van der Waals surface area contributed by atoms with Gasteiger partial charge in [0.25, 0.3) is 0 Å². The minimum absolute atomic E-state index is 0.217. The lowest BCUT2D eigenvalue weighted by molar-refractivity contribution is -0.139. The van der Waals surface area contributed by atoms with Crippen molar-refractivity contribution in [2.24, 2.45) is 0 Å². The lowest BCUT2D eigenvalue weighted by Crippen LogP contribution is -2.04. The van der Waals surface area contributed by atoms with Crippen molar-refractivity contribution >= 4 is 27.5 Å². The van der Waals surface area contributed by atoms with E-state index in [1.54, 1.807) is 16.8 Å². The molecule has 0 fully saturated rings. The highest BCUT2D eigenvalue weighted by Gasteiger charge is 2.07. The zero-order valence-electron chi connectivity index (χ0n) is 7.69. The van der Waals surface area contributed by atoms with Crippen LogP contribution in [0.1, 0.15) is 5.56 Å².